The molecule has 1 heterocycles. The fraction of sp³-hybridized carbons (Fsp3) is 0.200. The van der Waals surface area contributed by atoms with Gasteiger partial charge in [0, 0.05) is 34.0 Å². The molecule has 0 saturated heterocycles. The molecule has 0 aliphatic carbocycles. The number of benzene rings is 10. The van der Waals surface area contributed by atoms with Gasteiger partial charge in [0.05, 0.1) is 22.7 Å². The summed E-state index contributed by atoms with van der Waals surface area (Å²) in [4.78, 5) is 5.27. The Hall–Kier alpha value is -7.16. The van der Waals surface area contributed by atoms with E-state index in [2.05, 4.69) is 260 Å². The van der Waals surface area contributed by atoms with Crippen LogP contribution < -0.4 is 9.80 Å². The molecule has 10 aromatic carbocycles. The summed E-state index contributed by atoms with van der Waals surface area (Å²) < 4.78 is 0. The highest BCUT2D eigenvalue weighted by Crippen LogP contribution is 2.55. The van der Waals surface area contributed by atoms with Gasteiger partial charge in [-0.2, -0.15) is 0 Å². The van der Waals surface area contributed by atoms with Gasteiger partial charge in [-0.15, -0.1) is 0 Å². The highest BCUT2D eigenvalue weighted by molar-refractivity contribution is 6.29. The van der Waals surface area contributed by atoms with Crippen molar-refractivity contribution in [2.45, 2.75) is 85.0 Å². The predicted molar refractivity (Wildman–Crippen MR) is 289 cm³/mol. The van der Waals surface area contributed by atoms with Crippen LogP contribution in [0, 0.1) is 0 Å². The normalized spacial score (nSPS) is 13.3. The van der Waals surface area contributed by atoms with Gasteiger partial charge in [-0.1, -0.05) is 220 Å². The second-order valence-corrected chi connectivity index (χ2v) is 21.9. The Bertz CT molecular complexity index is 3270. The largest absolute Gasteiger partial charge is 0.309 e. The van der Waals surface area contributed by atoms with Crippen molar-refractivity contribution < 1.29 is 0 Å². The average molecular weight is 869 g/mol. The summed E-state index contributed by atoms with van der Waals surface area (Å²) in [5, 5.41) is 7.63. The van der Waals surface area contributed by atoms with Crippen molar-refractivity contribution in [3.8, 4) is 22.3 Å². The van der Waals surface area contributed by atoms with Gasteiger partial charge in [-0.25, -0.2) is 0 Å². The summed E-state index contributed by atoms with van der Waals surface area (Å²) >= 11 is 0. The minimum absolute atomic E-state index is 0.000945. The lowest BCUT2D eigenvalue weighted by Gasteiger charge is -2.38. The lowest BCUT2D eigenvalue weighted by Crippen LogP contribution is -2.23. The maximum atomic E-state index is 2.63. The van der Waals surface area contributed by atoms with Gasteiger partial charge in [0.15, 0.2) is 0 Å². The molecule has 10 aromatic rings. The predicted octanol–water partition coefficient (Wildman–Crippen LogP) is 18.7. The minimum atomic E-state index is -0.142. The Labute approximate surface area is 397 Å². The molecular weight excluding hydrogens is 809 g/mol. The minimum Gasteiger partial charge on any atom is -0.309 e. The third-order valence-corrected chi connectivity index (χ3v) is 14.2. The van der Waals surface area contributed by atoms with Crippen LogP contribution in [0.15, 0.2) is 188 Å². The van der Waals surface area contributed by atoms with E-state index < -0.39 is 0 Å². The second-order valence-electron chi connectivity index (χ2n) is 21.9. The molecule has 0 amide bonds. The van der Waals surface area contributed by atoms with Crippen LogP contribution in [-0.2, 0) is 22.7 Å². The Morgan fingerprint density at radius 3 is 1.15 bits per heavy atom. The van der Waals surface area contributed by atoms with Gasteiger partial charge in [0.2, 0.25) is 0 Å². The molecule has 2 bridgehead atoms. The van der Waals surface area contributed by atoms with Crippen LogP contribution in [0.3, 0.4) is 0 Å². The maximum absolute atomic E-state index is 2.63. The van der Waals surface area contributed by atoms with Crippen LogP contribution in [0.4, 0.5) is 34.1 Å². The van der Waals surface area contributed by atoms with Crippen LogP contribution in [-0.4, -0.2) is 0 Å². The van der Waals surface area contributed by atoms with E-state index in [0.717, 1.165) is 6.42 Å². The second kappa shape index (κ2) is 15.7. The Balaban J connectivity index is 1.37. The standard InChI is InChI=1S/C65H60N2/c1-63(2,3)50-37-48-32-34-51-59-41-60(52-35-33-49(38-50)61(48)62(51)52)67(56-27-19-17-25-54(56)65(7,8)9)58-40-45(43-22-14-11-15-23-43)29-31-47(58)36-46-30-28-44(42-20-12-10-13-21-42)39-57(46)66(59)55-26-18-16-24-53(55)64(4,5)6/h10-35,37-41H,36H2,1-9H3. The summed E-state index contributed by atoms with van der Waals surface area (Å²) in [6.07, 6.45) is 0.729. The third-order valence-electron chi connectivity index (χ3n) is 14.2. The molecule has 330 valence electrons. The van der Waals surface area contributed by atoms with Crippen LogP contribution >= 0.6 is 0 Å². The summed E-state index contributed by atoms with van der Waals surface area (Å²) in [6.45, 7) is 21.1. The van der Waals surface area contributed by atoms with Crippen LogP contribution in [0.25, 0.3) is 54.6 Å². The SMILES string of the molecule is CC(C)(C)c1cc2ccc3c4cc(c5ccc(c1)c2c35)N(c1ccccc1C(C)(C)C)c1cc(-c2ccccc2)ccc1Cc1ccc(-c2ccccc2)cc1N4c1ccccc1C(C)(C)C. The Morgan fingerprint density at radius 1 is 0.313 bits per heavy atom. The number of anilines is 6. The highest BCUT2D eigenvalue weighted by Gasteiger charge is 2.33. The number of fused-ring (bicyclic) bond motifs is 6. The highest BCUT2D eigenvalue weighted by atomic mass is 15.2. The van der Waals surface area contributed by atoms with Crippen LogP contribution in [0.5, 0.6) is 0 Å². The fourth-order valence-electron chi connectivity index (χ4n) is 10.7. The van der Waals surface area contributed by atoms with Gasteiger partial charge >= 0.3 is 0 Å². The summed E-state index contributed by atoms with van der Waals surface area (Å²) in [5.74, 6) is 0. The number of rotatable bonds is 4. The summed E-state index contributed by atoms with van der Waals surface area (Å²) in [6, 6.07) is 71.4. The Kier molecular flexibility index (Phi) is 9.98. The van der Waals surface area contributed by atoms with E-state index in [9.17, 15) is 0 Å². The van der Waals surface area contributed by atoms with E-state index in [-0.39, 0.29) is 16.2 Å². The number of hydrogen-bond acceptors (Lipinski definition) is 2. The molecule has 0 aromatic heterocycles. The molecule has 2 heteroatoms. The zero-order chi connectivity index (χ0) is 46.4. The van der Waals surface area contributed by atoms with Gasteiger partial charge in [-0.05, 0) is 113 Å². The molecule has 11 rings (SSSR count). The van der Waals surface area contributed by atoms with Gasteiger partial charge in [0.1, 0.15) is 0 Å². The molecule has 2 nitrogen and oxygen atoms in total. The van der Waals surface area contributed by atoms with Crippen molar-refractivity contribution in [3.63, 3.8) is 0 Å². The monoisotopic (exact) mass is 868 g/mol. The molecule has 0 radical (unpaired) electrons. The van der Waals surface area contributed by atoms with E-state index in [1.807, 2.05) is 0 Å². The number of nitrogens with zero attached hydrogens (tertiary/aromatic N) is 2. The third kappa shape index (κ3) is 7.35. The van der Waals surface area contributed by atoms with Crippen molar-refractivity contribution >= 4 is 66.4 Å². The smallest absolute Gasteiger partial charge is 0.0561 e. The van der Waals surface area contributed by atoms with Gasteiger partial charge in [-0.3, -0.25) is 0 Å². The van der Waals surface area contributed by atoms with Crippen molar-refractivity contribution in [2.24, 2.45) is 0 Å². The average Bonchev–Trinajstić information content (AvgIpc) is 3.32. The first kappa shape index (κ1) is 42.5. The summed E-state index contributed by atoms with van der Waals surface area (Å²) in [5.41, 5.74) is 18.1. The van der Waals surface area contributed by atoms with Crippen molar-refractivity contribution in [1.82, 2.24) is 0 Å². The van der Waals surface area contributed by atoms with E-state index in [1.165, 1.54) is 117 Å². The first-order valence-electron chi connectivity index (χ1n) is 24.1. The van der Waals surface area contributed by atoms with E-state index in [4.69, 9.17) is 0 Å². The zero-order valence-electron chi connectivity index (χ0n) is 40.5. The van der Waals surface area contributed by atoms with Crippen molar-refractivity contribution in [3.05, 3.63) is 216 Å². The Morgan fingerprint density at radius 2 is 0.731 bits per heavy atom. The molecule has 0 atom stereocenters. The van der Waals surface area contributed by atoms with Crippen LogP contribution in [0.2, 0.25) is 0 Å². The van der Waals surface area contributed by atoms with Crippen LogP contribution in [0.1, 0.15) is 90.1 Å². The van der Waals surface area contributed by atoms with Gasteiger partial charge in [0.25, 0.3) is 0 Å². The lowest BCUT2D eigenvalue weighted by atomic mass is 9.82. The molecule has 1 aliphatic heterocycles. The molecule has 1 aliphatic rings. The molecule has 0 spiro atoms. The molecule has 67 heavy (non-hydrogen) atoms. The molecular formula is C65H60N2. The quantitative estimate of drug-likeness (QED) is 0.163. The number of para-hydroxylation sites is 2. The van der Waals surface area contributed by atoms with E-state index >= 15 is 0 Å². The topological polar surface area (TPSA) is 6.48 Å². The molecule has 0 unspecified atom stereocenters. The first-order valence-corrected chi connectivity index (χ1v) is 24.1. The van der Waals surface area contributed by atoms with Crippen molar-refractivity contribution in [1.29, 1.82) is 0 Å². The number of hydrogen-bond donors (Lipinski definition) is 0. The van der Waals surface area contributed by atoms with Gasteiger partial charge < -0.3 is 9.80 Å². The zero-order valence-corrected chi connectivity index (χ0v) is 40.5. The first-order chi connectivity index (χ1) is 32.1. The fourth-order valence-corrected chi connectivity index (χ4v) is 10.7. The van der Waals surface area contributed by atoms with E-state index in [0.29, 0.717) is 0 Å². The molecule has 0 saturated carbocycles. The van der Waals surface area contributed by atoms with E-state index in [1.54, 1.807) is 0 Å². The summed E-state index contributed by atoms with van der Waals surface area (Å²) in [7, 11) is 0. The lowest BCUT2D eigenvalue weighted by molar-refractivity contribution is 0.591. The molecule has 0 N–H and O–H groups in total. The van der Waals surface area contributed by atoms with Crippen molar-refractivity contribution in [2.75, 3.05) is 9.80 Å². The molecule has 0 fully saturated rings. The maximum Gasteiger partial charge on any atom is 0.0561 e.